The lowest BCUT2D eigenvalue weighted by atomic mass is 9.96. The molecule has 29 heavy (non-hydrogen) atoms. The second-order valence-electron chi connectivity index (χ2n) is 7.05. The molecule has 1 aliphatic rings. The van der Waals surface area contributed by atoms with Gasteiger partial charge in [-0.1, -0.05) is 6.07 Å². The van der Waals surface area contributed by atoms with Crippen LogP contribution in [-0.4, -0.2) is 33.2 Å². The average Bonchev–Trinajstić information content (AvgIpc) is 3.19. The van der Waals surface area contributed by atoms with E-state index < -0.39 is 11.9 Å². The minimum atomic E-state index is -4.42. The van der Waals surface area contributed by atoms with Gasteiger partial charge in [0.1, 0.15) is 11.5 Å². The molecule has 0 atom stereocenters. The minimum Gasteiger partial charge on any atom is -0.420 e. The maximum Gasteiger partial charge on any atom is 0.433 e. The van der Waals surface area contributed by atoms with Crippen LogP contribution in [0, 0.1) is 5.82 Å². The van der Waals surface area contributed by atoms with Crippen molar-refractivity contribution in [3.8, 4) is 11.5 Å². The highest BCUT2D eigenvalue weighted by atomic mass is 19.4. The molecule has 1 saturated heterocycles. The highest BCUT2D eigenvalue weighted by molar-refractivity contribution is 5.52. The van der Waals surface area contributed by atoms with Crippen molar-refractivity contribution in [3.05, 3.63) is 65.6 Å². The summed E-state index contributed by atoms with van der Waals surface area (Å²) in [6.45, 7) is 2.07. The van der Waals surface area contributed by atoms with E-state index in [1.54, 1.807) is 12.1 Å². The molecule has 0 aliphatic carbocycles. The van der Waals surface area contributed by atoms with Crippen LogP contribution in [0.5, 0.6) is 0 Å². The predicted octanol–water partition coefficient (Wildman–Crippen LogP) is 4.67. The number of pyridine rings is 1. The fourth-order valence-corrected chi connectivity index (χ4v) is 3.39. The fraction of sp³-hybridized carbons (Fsp3) is 0.350. The first-order chi connectivity index (χ1) is 13.9. The first-order valence-electron chi connectivity index (χ1n) is 9.22. The van der Waals surface area contributed by atoms with Gasteiger partial charge in [0, 0.05) is 24.2 Å². The summed E-state index contributed by atoms with van der Waals surface area (Å²) in [6.07, 6.45) is -1.53. The molecule has 152 valence electrons. The monoisotopic (exact) mass is 406 g/mol. The van der Waals surface area contributed by atoms with Gasteiger partial charge in [0.05, 0.1) is 0 Å². The van der Waals surface area contributed by atoms with Crippen molar-refractivity contribution >= 4 is 0 Å². The standard InChI is InChI=1S/C20H18F4N4O/c21-16-4-2-14(3-5-16)18-26-27-19(29-18)15-7-9-28(10-8-15)12-13-1-6-17(25-11-13)20(22,23)24/h1-6,11,15H,7-10,12H2. The number of halogens is 4. The van der Waals surface area contributed by atoms with Crippen molar-refractivity contribution in [2.24, 2.45) is 0 Å². The summed E-state index contributed by atoms with van der Waals surface area (Å²) < 4.78 is 56.6. The Hall–Kier alpha value is -2.81. The molecule has 5 nitrogen and oxygen atoms in total. The number of likely N-dealkylation sites (tertiary alicyclic amines) is 1. The van der Waals surface area contributed by atoms with Gasteiger partial charge in [-0.15, -0.1) is 10.2 Å². The third-order valence-electron chi connectivity index (χ3n) is 4.99. The summed E-state index contributed by atoms with van der Waals surface area (Å²) >= 11 is 0. The molecule has 0 amide bonds. The lowest BCUT2D eigenvalue weighted by molar-refractivity contribution is -0.141. The number of rotatable bonds is 4. The predicted molar refractivity (Wildman–Crippen MR) is 96.2 cm³/mol. The van der Waals surface area contributed by atoms with Crippen molar-refractivity contribution in [1.82, 2.24) is 20.1 Å². The Labute approximate surface area is 164 Å². The van der Waals surface area contributed by atoms with Crippen molar-refractivity contribution in [2.75, 3.05) is 13.1 Å². The van der Waals surface area contributed by atoms with Gasteiger partial charge in [-0.05, 0) is 61.8 Å². The average molecular weight is 406 g/mol. The molecule has 1 aromatic carbocycles. The van der Waals surface area contributed by atoms with E-state index in [1.807, 2.05) is 0 Å². The zero-order valence-corrected chi connectivity index (χ0v) is 15.4. The van der Waals surface area contributed by atoms with Crippen molar-refractivity contribution < 1.29 is 22.0 Å². The fourth-order valence-electron chi connectivity index (χ4n) is 3.39. The lowest BCUT2D eigenvalue weighted by Crippen LogP contribution is -2.32. The van der Waals surface area contributed by atoms with Crippen LogP contribution < -0.4 is 0 Å². The van der Waals surface area contributed by atoms with Gasteiger partial charge >= 0.3 is 6.18 Å². The third kappa shape index (κ3) is 4.61. The van der Waals surface area contributed by atoms with E-state index in [0.29, 0.717) is 23.9 Å². The Kier molecular flexibility index (Phi) is 5.31. The maximum absolute atomic E-state index is 13.0. The van der Waals surface area contributed by atoms with Crippen LogP contribution in [0.2, 0.25) is 0 Å². The molecular weight excluding hydrogens is 388 g/mol. The van der Waals surface area contributed by atoms with E-state index in [9.17, 15) is 17.6 Å². The molecule has 0 radical (unpaired) electrons. The van der Waals surface area contributed by atoms with E-state index in [4.69, 9.17) is 4.42 Å². The van der Waals surface area contributed by atoms with E-state index in [0.717, 1.165) is 37.6 Å². The van der Waals surface area contributed by atoms with Crippen LogP contribution in [0.3, 0.4) is 0 Å². The Balaban J connectivity index is 1.33. The lowest BCUT2D eigenvalue weighted by Gasteiger charge is -2.30. The molecule has 4 rings (SSSR count). The zero-order valence-electron chi connectivity index (χ0n) is 15.4. The van der Waals surface area contributed by atoms with Crippen LogP contribution in [0.25, 0.3) is 11.5 Å². The number of piperidine rings is 1. The van der Waals surface area contributed by atoms with E-state index in [1.165, 1.54) is 24.4 Å². The quantitative estimate of drug-likeness (QED) is 0.590. The largest absolute Gasteiger partial charge is 0.433 e. The number of aromatic nitrogens is 3. The van der Waals surface area contributed by atoms with Gasteiger partial charge in [-0.3, -0.25) is 9.88 Å². The first kappa shape index (κ1) is 19.5. The zero-order chi connectivity index (χ0) is 20.4. The maximum atomic E-state index is 13.0. The number of alkyl halides is 3. The summed E-state index contributed by atoms with van der Waals surface area (Å²) in [4.78, 5) is 5.67. The van der Waals surface area contributed by atoms with Crippen molar-refractivity contribution in [1.29, 1.82) is 0 Å². The summed E-state index contributed by atoms with van der Waals surface area (Å²) in [5.41, 5.74) is 0.526. The minimum absolute atomic E-state index is 0.124. The third-order valence-corrected chi connectivity index (χ3v) is 4.99. The molecule has 0 saturated carbocycles. The van der Waals surface area contributed by atoms with Gasteiger partial charge in [0.2, 0.25) is 11.8 Å². The summed E-state index contributed by atoms with van der Waals surface area (Å²) in [7, 11) is 0. The summed E-state index contributed by atoms with van der Waals surface area (Å²) in [6, 6.07) is 8.34. The number of hydrogen-bond acceptors (Lipinski definition) is 5. The highest BCUT2D eigenvalue weighted by Crippen LogP contribution is 2.30. The Morgan fingerprint density at radius 2 is 1.72 bits per heavy atom. The molecule has 0 unspecified atom stereocenters. The molecule has 2 aromatic heterocycles. The van der Waals surface area contributed by atoms with Gasteiger partial charge in [0.15, 0.2) is 0 Å². The second-order valence-corrected chi connectivity index (χ2v) is 7.05. The van der Waals surface area contributed by atoms with Gasteiger partial charge in [-0.2, -0.15) is 13.2 Å². The molecular formula is C20H18F4N4O. The molecule has 9 heteroatoms. The smallest absolute Gasteiger partial charge is 0.420 e. The topological polar surface area (TPSA) is 55.1 Å². The number of benzene rings is 1. The Morgan fingerprint density at radius 3 is 2.34 bits per heavy atom. The van der Waals surface area contributed by atoms with Gasteiger partial charge < -0.3 is 4.42 Å². The molecule has 3 aromatic rings. The normalized spacial score (nSPS) is 16.3. The van der Waals surface area contributed by atoms with Crippen molar-refractivity contribution in [3.63, 3.8) is 0 Å². The Bertz CT molecular complexity index is 946. The van der Waals surface area contributed by atoms with E-state index in [-0.39, 0.29) is 11.7 Å². The molecule has 0 bridgehead atoms. The van der Waals surface area contributed by atoms with Crippen LogP contribution in [0.1, 0.15) is 35.9 Å². The molecule has 1 aliphatic heterocycles. The molecule has 0 spiro atoms. The Morgan fingerprint density at radius 1 is 1.00 bits per heavy atom. The van der Waals surface area contributed by atoms with E-state index in [2.05, 4.69) is 20.1 Å². The SMILES string of the molecule is Fc1ccc(-c2nnc(C3CCN(Cc4ccc(C(F)(F)F)nc4)CC3)o2)cc1. The number of hydrogen-bond donors (Lipinski definition) is 0. The van der Waals surface area contributed by atoms with Crippen LogP contribution >= 0.6 is 0 Å². The second kappa shape index (κ2) is 7.90. The van der Waals surface area contributed by atoms with Crippen molar-refractivity contribution in [2.45, 2.75) is 31.5 Å². The van der Waals surface area contributed by atoms with Crippen LogP contribution in [0.4, 0.5) is 17.6 Å². The highest BCUT2D eigenvalue weighted by Gasteiger charge is 2.32. The van der Waals surface area contributed by atoms with Crippen LogP contribution in [0.15, 0.2) is 47.0 Å². The first-order valence-corrected chi connectivity index (χ1v) is 9.22. The summed E-state index contributed by atoms with van der Waals surface area (Å²) in [5, 5.41) is 8.19. The molecule has 0 N–H and O–H groups in total. The van der Waals surface area contributed by atoms with Gasteiger partial charge in [0.25, 0.3) is 0 Å². The van der Waals surface area contributed by atoms with Crippen LogP contribution in [-0.2, 0) is 12.7 Å². The number of nitrogens with zero attached hydrogens (tertiary/aromatic N) is 4. The molecule has 1 fully saturated rings. The molecule has 3 heterocycles. The van der Waals surface area contributed by atoms with E-state index >= 15 is 0 Å². The summed E-state index contributed by atoms with van der Waals surface area (Å²) in [5.74, 6) is 0.709. The van der Waals surface area contributed by atoms with Gasteiger partial charge in [-0.25, -0.2) is 4.39 Å².